The van der Waals surface area contributed by atoms with E-state index in [0.29, 0.717) is 6.42 Å². The highest BCUT2D eigenvalue weighted by atomic mass is 31.2. The maximum atomic E-state index is 11.3. The summed E-state index contributed by atoms with van der Waals surface area (Å²) < 4.78 is 16.1. The topological polar surface area (TPSA) is 83.8 Å². The lowest BCUT2D eigenvalue weighted by Crippen LogP contribution is -2.06. The lowest BCUT2D eigenvalue weighted by Gasteiger charge is -2.09. The Labute approximate surface area is 160 Å². The summed E-state index contributed by atoms with van der Waals surface area (Å²) in [6.07, 6.45) is 19.5. The Balaban J connectivity index is 3.18. The minimum absolute atomic E-state index is 0.166. The van der Waals surface area contributed by atoms with Crippen molar-refractivity contribution >= 4 is 13.6 Å². The first-order valence-electron chi connectivity index (χ1n) is 10.7. The van der Waals surface area contributed by atoms with Gasteiger partial charge in [-0.3, -0.25) is 9.36 Å². The van der Waals surface area contributed by atoms with Crippen molar-refractivity contribution in [2.75, 3.05) is 12.8 Å². The summed E-state index contributed by atoms with van der Waals surface area (Å²) in [5, 5.41) is 8.48. The van der Waals surface area contributed by atoms with Crippen LogP contribution < -0.4 is 0 Å². The van der Waals surface area contributed by atoms with E-state index in [1.165, 1.54) is 83.5 Å². The summed E-state index contributed by atoms with van der Waals surface area (Å²) in [7, 11) is -3.94. The maximum absolute atomic E-state index is 11.3. The molecule has 0 heterocycles. The first-order chi connectivity index (χ1) is 12.5. The smallest absolute Gasteiger partial charge is 0.339 e. The standard InChI is InChI=1S/C20H41O5P/c1-2-3-4-5-6-7-8-9-10-11-12-13-14-15-16-17-18-25-26(23,24)19-20(21)22/h2-19H2,1H3,(H,21,22)(H,23,24). The van der Waals surface area contributed by atoms with Crippen molar-refractivity contribution in [1.29, 1.82) is 0 Å². The summed E-state index contributed by atoms with van der Waals surface area (Å²) in [4.78, 5) is 19.6. The van der Waals surface area contributed by atoms with E-state index < -0.39 is 19.7 Å². The highest BCUT2D eigenvalue weighted by molar-refractivity contribution is 7.53. The zero-order chi connectivity index (χ0) is 19.5. The Morgan fingerprint density at radius 1 is 0.731 bits per heavy atom. The van der Waals surface area contributed by atoms with Crippen LogP contribution in [0.3, 0.4) is 0 Å². The first-order valence-corrected chi connectivity index (χ1v) is 12.4. The van der Waals surface area contributed by atoms with Crippen molar-refractivity contribution in [3.63, 3.8) is 0 Å². The SMILES string of the molecule is CCCCCCCCCCCCCCCCCCOP(=O)(O)CC(=O)O. The summed E-state index contributed by atoms with van der Waals surface area (Å²) in [5.74, 6) is -1.30. The number of unbranched alkanes of at least 4 members (excludes halogenated alkanes) is 15. The molecule has 6 heteroatoms. The van der Waals surface area contributed by atoms with Crippen LogP contribution in [0, 0.1) is 0 Å². The van der Waals surface area contributed by atoms with Crippen LogP contribution in [0.25, 0.3) is 0 Å². The molecule has 26 heavy (non-hydrogen) atoms. The lowest BCUT2D eigenvalue weighted by atomic mass is 10.0. The normalized spacial score (nSPS) is 13.6. The first kappa shape index (κ1) is 25.6. The van der Waals surface area contributed by atoms with Gasteiger partial charge in [0.15, 0.2) is 0 Å². The van der Waals surface area contributed by atoms with Crippen molar-refractivity contribution in [2.45, 2.75) is 110 Å². The highest BCUT2D eigenvalue weighted by Crippen LogP contribution is 2.41. The Hall–Kier alpha value is -0.380. The molecule has 0 spiro atoms. The second-order valence-corrected chi connectivity index (χ2v) is 9.18. The van der Waals surface area contributed by atoms with E-state index in [1.807, 2.05) is 0 Å². The molecule has 0 saturated carbocycles. The zero-order valence-corrected chi connectivity index (χ0v) is 17.7. The summed E-state index contributed by atoms with van der Waals surface area (Å²) in [6, 6.07) is 0. The third-order valence-electron chi connectivity index (χ3n) is 4.63. The number of rotatable bonds is 20. The fourth-order valence-corrected chi connectivity index (χ4v) is 3.92. The molecule has 0 rings (SSSR count). The second kappa shape index (κ2) is 18.0. The molecule has 0 fully saturated rings. The van der Waals surface area contributed by atoms with Crippen molar-refractivity contribution in [3.8, 4) is 0 Å². The van der Waals surface area contributed by atoms with Gasteiger partial charge in [0.25, 0.3) is 0 Å². The van der Waals surface area contributed by atoms with Crippen LogP contribution in [-0.2, 0) is 13.9 Å². The van der Waals surface area contributed by atoms with Gasteiger partial charge in [-0.25, -0.2) is 0 Å². The maximum Gasteiger partial charge on any atom is 0.339 e. The van der Waals surface area contributed by atoms with Crippen LogP contribution in [0.2, 0.25) is 0 Å². The quantitative estimate of drug-likeness (QED) is 0.182. The van der Waals surface area contributed by atoms with Gasteiger partial charge in [0.05, 0.1) is 6.61 Å². The van der Waals surface area contributed by atoms with Crippen LogP contribution >= 0.6 is 7.60 Å². The van der Waals surface area contributed by atoms with E-state index in [-0.39, 0.29) is 6.61 Å². The molecule has 1 atom stereocenters. The molecule has 0 aromatic heterocycles. The van der Waals surface area contributed by atoms with Crippen LogP contribution in [0.4, 0.5) is 0 Å². The predicted octanol–water partition coefficient (Wildman–Crippen LogP) is 6.53. The molecule has 0 aliphatic heterocycles. The Kier molecular flexibility index (Phi) is 17.7. The lowest BCUT2D eigenvalue weighted by molar-refractivity contribution is -0.134. The number of carboxylic acid groups (broad SMARTS) is 1. The Morgan fingerprint density at radius 2 is 1.08 bits per heavy atom. The number of hydrogen-bond acceptors (Lipinski definition) is 3. The van der Waals surface area contributed by atoms with Crippen LogP contribution in [0.5, 0.6) is 0 Å². The predicted molar refractivity (Wildman–Crippen MR) is 108 cm³/mol. The van der Waals surface area contributed by atoms with Crippen LogP contribution in [0.15, 0.2) is 0 Å². The molecule has 0 aromatic rings. The van der Waals surface area contributed by atoms with E-state index >= 15 is 0 Å². The third kappa shape index (κ3) is 19.9. The van der Waals surface area contributed by atoms with E-state index in [2.05, 4.69) is 6.92 Å². The van der Waals surface area contributed by atoms with Gasteiger partial charge >= 0.3 is 13.6 Å². The molecule has 0 amide bonds. The Bertz CT molecular complexity index is 373. The van der Waals surface area contributed by atoms with E-state index in [1.54, 1.807) is 0 Å². The van der Waals surface area contributed by atoms with Crippen LogP contribution in [0.1, 0.15) is 110 Å². The molecule has 0 saturated heterocycles. The molecular formula is C20H41O5P. The second-order valence-electron chi connectivity index (χ2n) is 7.33. The molecule has 0 aromatic carbocycles. The van der Waals surface area contributed by atoms with E-state index in [9.17, 15) is 14.3 Å². The molecule has 5 nitrogen and oxygen atoms in total. The molecule has 2 N–H and O–H groups in total. The fourth-order valence-electron chi connectivity index (χ4n) is 3.07. The van der Waals surface area contributed by atoms with Gasteiger partial charge in [0.2, 0.25) is 0 Å². The number of hydrogen-bond donors (Lipinski definition) is 2. The molecule has 0 radical (unpaired) electrons. The van der Waals surface area contributed by atoms with E-state index in [4.69, 9.17) is 9.63 Å². The minimum Gasteiger partial charge on any atom is -0.481 e. The highest BCUT2D eigenvalue weighted by Gasteiger charge is 2.23. The van der Waals surface area contributed by atoms with Crippen LogP contribution in [-0.4, -0.2) is 28.7 Å². The summed E-state index contributed by atoms with van der Waals surface area (Å²) in [5.41, 5.74) is 0. The van der Waals surface area contributed by atoms with E-state index in [0.717, 1.165) is 12.8 Å². The Morgan fingerprint density at radius 3 is 1.42 bits per heavy atom. The fraction of sp³-hybridized carbons (Fsp3) is 0.950. The zero-order valence-electron chi connectivity index (χ0n) is 16.8. The third-order valence-corrected chi connectivity index (χ3v) is 5.88. The van der Waals surface area contributed by atoms with Gasteiger partial charge in [-0.05, 0) is 6.42 Å². The van der Waals surface area contributed by atoms with Gasteiger partial charge < -0.3 is 14.5 Å². The molecule has 0 aliphatic carbocycles. The van der Waals surface area contributed by atoms with Gasteiger partial charge in [-0.2, -0.15) is 0 Å². The summed E-state index contributed by atoms with van der Waals surface area (Å²) in [6.45, 7) is 2.42. The monoisotopic (exact) mass is 392 g/mol. The van der Waals surface area contributed by atoms with Gasteiger partial charge in [0.1, 0.15) is 6.16 Å². The van der Waals surface area contributed by atoms with Gasteiger partial charge in [0, 0.05) is 0 Å². The minimum atomic E-state index is -3.94. The number of aliphatic carboxylic acids is 1. The van der Waals surface area contributed by atoms with Crippen molar-refractivity contribution < 1.29 is 23.9 Å². The molecule has 1 unspecified atom stereocenters. The van der Waals surface area contributed by atoms with Crippen molar-refractivity contribution in [3.05, 3.63) is 0 Å². The largest absolute Gasteiger partial charge is 0.481 e. The van der Waals surface area contributed by atoms with Crippen molar-refractivity contribution in [2.24, 2.45) is 0 Å². The number of carboxylic acids is 1. The van der Waals surface area contributed by atoms with Gasteiger partial charge in [-0.1, -0.05) is 103 Å². The summed E-state index contributed by atoms with van der Waals surface area (Å²) >= 11 is 0. The molecule has 0 aliphatic rings. The average Bonchev–Trinajstić information content (AvgIpc) is 2.56. The van der Waals surface area contributed by atoms with Crippen molar-refractivity contribution in [1.82, 2.24) is 0 Å². The molecule has 0 bridgehead atoms. The molecule has 156 valence electrons. The van der Waals surface area contributed by atoms with Gasteiger partial charge in [-0.15, -0.1) is 0 Å². The molecular weight excluding hydrogens is 351 g/mol. The average molecular weight is 393 g/mol. The number of carbonyl (C=O) groups is 1.